The standard InChI is InChI=1S/C14H17FN2O/c1-8-11(13(18)17-14(2,3)4)12-9(15)6-5-7-10(12)16-8/h5-7,16H,1-4H3,(H,17,18). The fourth-order valence-electron chi connectivity index (χ4n) is 2.02. The molecule has 18 heavy (non-hydrogen) atoms. The van der Waals surface area contributed by atoms with Crippen molar-refractivity contribution in [3.8, 4) is 0 Å². The van der Waals surface area contributed by atoms with Crippen molar-refractivity contribution in [3.05, 3.63) is 35.3 Å². The Morgan fingerprint density at radius 2 is 2.00 bits per heavy atom. The van der Waals surface area contributed by atoms with Gasteiger partial charge in [-0.05, 0) is 39.8 Å². The Kier molecular flexibility index (Phi) is 2.89. The lowest BCUT2D eigenvalue weighted by molar-refractivity contribution is 0.0920. The molecule has 0 spiro atoms. The van der Waals surface area contributed by atoms with Crippen LogP contribution in [0.25, 0.3) is 10.9 Å². The van der Waals surface area contributed by atoms with E-state index in [4.69, 9.17) is 0 Å². The summed E-state index contributed by atoms with van der Waals surface area (Å²) in [5.74, 6) is -0.632. The number of benzene rings is 1. The number of aromatic nitrogens is 1. The van der Waals surface area contributed by atoms with Gasteiger partial charge in [-0.25, -0.2) is 4.39 Å². The molecule has 1 aromatic heterocycles. The van der Waals surface area contributed by atoms with Crippen molar-refractivity contribution in [2.24, 2.45) is 0 Å². The van der Waals surface area contributed by atoms with Crippen molar-refractivity contribution in [1.82, 2.24) is 10.3 Å². The predicted octanol–water partition coefficient (Wildman–Crippen LogP) is 3.14. The number of nitrogens with one attached hydrogen (secondary N) is 2. The Labute approximate surface area is 105 Å². The van der Waals surface area contributed by atoms with Crippen LogP contribution < -0.4 is 5.32 Å². The van der Waals surface area contributed by atoms with E-state index in [0.717, 1.165) is 0 Å². The Morgan fingerprint density at radius 1 is 1.33 bits per heavy atom. The molecule has 2 rings (SSSR count). The van der Waals surface area contributed by atoms with Crippen LogP contribution in [0.3, 0.4) is 0 Å². The van der Waals surface area contributed by atoms with Gasteiger partial charge in [0.2, 0.25) is 0 Å². The summed E-state index contributed by atoms with van der Waals surface area (Å²) < 4.78 is 13.9. The smallest absolute Gasteiger partial charge is 0.254 e. The number of carbonyl (C=O) groups excluding carboxylic acids is 1. The van der Waals surface area contributed by atoms with Gasteiger partial charge in [-0.1, -0.05) is 6.07 Å². The largest absolute Gasteiger partial charge is 0.358 e. The highest BCUT2D eigenvalue weighted by Gasteiger charge is 2.22. The molecule has 1 aromatic carbocycles. The lowest BCUT2D eigenvalue weighted by Gasteiger charge is -2.20. The molecule has 0 bridgehead atoms. The quantitative estimate of drug-likeness (QED) is 0.800. The van der Waals surface area contributed by atoms with Gasteiger partial charge in [0.25, 0.3) is 5.91 Å². The van der Waals surface area contributed by atoms with E-state index >= 15 is 0 Å². The first-order chi connectivity index (χ1) is 8.29. The molecule has 0 aliphatic rings. The van der Waals surface area contributed by atoms with Crippen molar-refractivity contribution in [3.63, 3.8) is 0 Å². The summed E-state index contributed by atoms with van der Waals surface area (Å²) in [7, 11) is 0. The molecule has 0 unspecified atom stereocenters. The monoisotopic (exact) mass is 248 g/mol. The highest BCUT2D eigenvalue weighted by molar-refractivity contribution is 6.08. The second-order valence-corrected chi connectivity index (χ2v) is 5.49. The average molecular weight is 248 g/mol. The maximum Gasteiger partial charge on any atom is 0.254 e. The Bertz CT molecular complexity index is 608. The maximum atomic E-state index is 13.9. The zero-order valence-electron chi connectivity index (χ0n) is 11.0. The van der Waals surface area contributed by atoms with Crippen LogP contribution in [0, 0.1) is 12.7 Å². The van der Waals surface area contributed by atoms with E-state index in [0.29, 0.717) is 22.2 Å². The van der Waals surface area contributed by atoms with Gasteiger partial charge in [-0.15, -0.1) is 0 Å². The minimum absolute atomic E-state index is 0.253. The summed E-state index contributed by atoms with van der Waals surface area (Å²) in [6, 6.07) is 4.75. The van der Waals surface area contributed by atoms with Crippen molar-refractivity contribution in [1.29, 1.82) is 0 Å². The van der Waals surface area contributed by atoms with Crippen LogP contribution in [-0.4, -0.2) is 16.4 Å². The number of aryl methyl sites for hydroxylation is 1. The maximum absolute atomic E-state index is 13.9. The van der Waals surface area contributed by atoms with Crippen molar-refractivity contribution < 1.29 is 9.18 Å². The third-order valence-corrected chi connectivity index (χ3v) is 2.68. The van der Waals surface area contributed by atoms with Gasteiger partial charge in [0, 0.05) is 22.1 Å². The summed E-state index contributed by atoms with van der Waals surface area (Å²) in [5, 5.41) is 3.21. The molecule has 0 aliphatic heterocycles. The van der Waals surface area contributed by atoms with Crippen LogP contribution >= 0.6 is 0 Å². The number of fused-ring (bicyclic) bond motifs is 1. The Balaban J connectivity index is 2.57. The lowest BCUT2D eigenvalue weighted by atomic mass is 10.1. The first kappa shape index (κ1) is 12.6. The number of aromatic amines is 1. The fraction of sp³-hybridized carbons (Fsp3) is 0.357. The van der Waals surface area contributed by atoms with E-state index < -0.39 is 0 Å². The third kappa shape index (κ3) is 2.23. The van der Waals surface area contributed by atoms with E-state index in [-0.39, 0.29) is 17.3 Å². The Morgan fingerprint density at radius 3 is 2.61 bits per heavy atom. The van der Waals surface area contributed by atoms with Gasteiger partial charge in [-0.3, -0.25) is 4.79 Å². The minimum atomic E-state index is -0.379. The van der Waals surface area contributed by atoms with E-state index in [9.17, 15) is 9.18 Å². The number of amides is 1. The van der Waals surface area contributed by atoms with Crippen LogP contribution in [0.4, 0.5) is 4.39 Å². The number of hydrogen-bond donors (Lipinski definition) is 2. The molecular formula is C14H17FN2O. The molecule has 0 saturated heterocycles. The van der Waals surface area contributed by atoms with E-state index in [1.54, 1.807) is 19.1 Å². The molecule has 1 amide bonds. The zero-order chi connectivity index (χ0) is 13.5. The minimum Gasteiger partial charge on any atom is -0.358 e. The van der Waals surface area contributed by atoms with Crippen LogP contribution in [0.15, 0.2) is 18.2 Å². The van der Waals surface area contributed by atoms with E-state index in [1.165, 1.54) is 6.07 Å². The van der Waals surface area contributed by atoms with E-state index in [2.05, 4.69) is 10.3 Å². The summed E-state index contributed by atoms with van der Waals surface area (Å²) >= 11 is 0. The van der Waals surface area contributed by atoms with Gasteiger partial charge >= 0.3 is 0 Å². The molecular weight excluding hydrogens is 231 g/mol. The van der Waals surface area contributed by atoms with Crippen molar-refractivity contribution in [2.45, 2.75) is 33.2 Å². The number of H-pyrrole nitrogens is 1. The molecule has 2 N–H and O–H groups in total. The third-order valence-electron chi connectivity index (χ3n) is 2.68. The van der Waals surface area contributed by atoms with Crippen molar-refractivity contribution in [2.75, 3.05) is 0 Å². The summed E-state index contributed by atoms with van der Waals surface area (Å²) in [4.78, 5) is 15.2. The van der Waals surface area contributed by atoms with Crippen LogP contribution in [0.1, 0.15) is 36.8 Å². The molecule has 1 heterocycles. The van der Waals surface area contributed by atoms with E-state index in [1.807, 2.05) is 20.8 Å². The lowest BCUT2D eigenvalue weighted by Crippen LogP contribution is -2.40. The first-order valence-corrected chi connectivity index (χ1v) is 5.89. The highest BCUT2D eigenvalue weighted by atomic mass is 19.1. The first-order valence-electron chi connectivity index (χ1n) is 5.89. The van der Waals surface area contributed by atoms with Gasteiger partial charge in [0.15, 0.2) is 0 Å². The SMILES string of the molecule is Cc1[nH]c2cccc(F)c2c1C(=O)NC(C)(C)C. The number of hydrogen-bond acceptors (Lipinski definition) is 1. The van der Waals surface area contributed by atoms with Crippen LogP contribution in [0.2, 0.25) is 0 Å². The normalized spacial score (nSPS) is 11.8. The molecule has 0 radical (unpaired) electrons. The second kappa shape index (κ2) is 4.12. The van der Waals surface area contributed by atoms with Crippen molar-refractivity contribution >= 4 is 16.8 Å². The fourth-order valence-corrected chi connectivity index (χ4v) is 2.02. The Hall–Kier alpha value is -1.84. The summed E-state index contributed by atoms with van der Waals surface area (Å²) in [6.45, 7) is 7.46. The molecule has 0 fully saturated rings. The average Bonchev–Trinajstić information content (AvgIpc) is 2.53. The van der Waals surface area contributed by atoms with Gasteiger partial charge in [0.05, 0.1) is 5.56 Å². The van der Waals surface area contributed by atoms with Gasteiger partial charge in [0.1, 0.15) is 5.82 Å². The van der Waals surface area contributed by atoms with Crippen LogP contribution in [0.5, 0.6) is 0 Å². The number of carbonyl (C=O) groups is 1. The number of rotatable bonds is 1. The molecule has 0 atom stereocenters. The molecule has 0 saturated carbocycles. The zero-order valence-corrected chi connectivity index (χ0v) is 11.0. The topological polar surface area (TPSA) is 44.9 Å². The second-order valence-electron chi connectivity index (χ2n) is 5.49. The van der Waals surface area contributed by atoms with Crippen LogP contribution in [-0.2, 0) is 0 Å². The molecule has 4 heteroatoms. The molecule has 96 valence electrons. The summed E-state index contributed by atoms with van der Waals surface area (Å²) in [5.41, 5.74) is 1.36. The molecule has 0 aliphatic carbocycles. The highest BCUT2D eigenvalue weighted by Crippen LogP contribution is 2.25. The van der Waals surface area contributed by atoms with Gasteiger partial charge < -0.3 is 10.3 Å². The predicted molar refractivity (Wildman–Crippen MR) is 70.2 cm³/mol. The molecule has 2 aromatic rings. The summed E-state index contributed by atoms with van der Waals surface area (Å²) in [6.07, 6.45) is 0. The molecule has 3 nitrogen and oxygen atoms in total. The van der Waals surface area contributed by atoms with Gasteiger partial charge in [-0.2, -0.15) is 0 Å². The number of halogens is 1.